The van der Waals surface area contributed by atoms with Crippen LogP contribution in [0.4, 0.5) is 0 Å². The summed E-state index contributed by atoms with van der Waals surface area (Å²) < 4.78 is 50.9. The van der Waals surface area contributed by atoms with Gasteiger partial charge in [0, 0.05) is 32.5 Å². The van der Waals surface area contributed by atoms with E-state index in [0.717, 1.165) is 9.87 Å². The Hall–Kier alpha value is -1.98. The highest BCUT2D eigenvalue weighted by Crippen LogP contribution is 2.26. The molecule has 28 heavy (non-hydrogen) atoms. The second-order valence-corrected chi connectivity index (χ2v) is 10.8. The third-order valence-electron chi connectivity index (χ3n) is 4.46. The highest BCUT2D eigenvalue weighted by atomic mass is 32.2. The van der Waals surface area contributed by atoms with E-state index < -0.39 is 31.9 Å². The Morgan fingerprint density at radius 3 is 2.39 bits per heavy atom. The van der Waals surface area contributed by atoms with Gasteiger partial charge in [0.1, 0.15) is 0 Å². The Morgan fingerprint density at radius 1 is 1.25 bits per heavy atom. The highest BCUT2D eigenvalue weighted by Gasteiger charge is 2.38. The zero-order chi connectivity index (χ0) is 20.9. The Balaban J connectivity index is 2.24. The van der Waals surface area contributed by atoms with Crippen molar-refractivity contribution in [3.05, 3.63) is 29.8 Å². The number of benzene rings is 1. The lowest BCUT2D eigenvalue weighted by Gasteiger charge is -2.27. The number of hydrogen-bond acceptors (Lipinski definition) is 6. The first-order valence-corrected chi connectivity index (χ1v) is 12.0. The number of rotatable bonds is 9. The number of sulfone groups is 1. The van der Waals surface area contributed by atoms with Crippen molar-refractivity contribution >= 4 is 31.7 Å². The molecule has 1 aliphatic heterocycles. The number of carbonyl (C=O) groups is 2. The van der Waals surface area contributed by atoms with E-state index in [1.54, 1.807) is 12.1 Å². The van der Waals surface area contributed by atoms with Crippen LogP contribution in [0.3, 0.4) is 0 Å². The van der Waals surface area contributed by atoms with Crippen LogP contribution < -0.4 is 5.32 Å². The summed E-state index contributed by atoms with van der Waals surface area (Å²) in [5, 5.41) is 11.4. The van der Waals surface area contributed by atoms with Gasteiger partial charge in [-0.1, -0.05) is 12.1 Å². The average molecular weight is 433 g/mol. The number of nitrogens with one attached hydrogen (secondary N) is 1. The molecule has 1 aromatic rings. The van der Waals surface area contributed by atoms with Crippen molar-refractivity contribution in [2.75, 3.05) is 18.1 Å². The molecule has 2 rings (SSSR count). The van der Waals surface area contributed by atoms with E-state index in [4.69, 9.17) is 5.11 Å². The van der Waals surface area contributed by atoms with E-state index in [1.807, 2.05) is 0 Å². The van der Waals surface area contributed by atoms with Gasteiger partial charge < -0.3 is 10.4 Å². The molecule has 1 heterocycles. The number of nitrogens with zero attached hydrogens (tertiary/aromatic N) is 1. The highest BCUT2D eigenvalue weighted by molar-refractivity contribution is 7.92. The molecule has 0 spiro atoms. The summed E-state index contributed by atoms with van der Waals surface area (Å²) in [5.74, 6) is -1.60. The third-order valence-corrected chi connectivity index (χ3v) is 8.17. The standard InChI is InChI=1S/C17H24N2O7S2/c1-13(20)18-11-14-4-6-16(7-5-14)28(25,26)19(9-2-3-17(21)22)15-8-10-27(23,24)12-15/h4-7,15H,2-3,8-12H2,1H3,(H,18,20)(H,21,22)/t15-/m0/s1. The van der Waals surface area contributed by atoms with Crippen molar-refractivity contribution in [3.8, 4) is 0 Å². The van der Waals surface area contributed by atoms with Gasteiger partial charge in [-0.05, 0) is 30.5 Å². The topological polar surface area (TPSA) is 138 Å². The largest absolute Gasteiger partial charge is 0.481 e. The van der Waals surface area contributed by atoms with Gasteiger partial charge >= 0.3 is 5.97 Å². The van der Waals surface area contributed by atoms with Crippen molar-refractivity contribution in [2.45, 2.75) is 43.7 Å². The molecule has 1 atom stereocenters. The van der Waals surface area contributed by atoms with E-state index >= 15 is 0 Å². The maximum absolute atomic E-state index is 13.1. The van der Waals surface area contributed by atoms with E-state index in [2.05, 4.69) is 5.32 Å². The summed E-state index contributed by atoms with van der Waals surface area (Å²) in [4.78, 5) is 21.8. The van der Waals surface area contributed by atoms with Gasteiger partial charge in [-0.25, -0.2) is 16.8 Å². The fourth-order valence-electron chi connectivity index (χ4n) is 3.03. The predicted octanol–water partition coefficient (Wildman–Crippen LogP) is 0.365. The van der Waals surface area contributed by atoms with E-state index in [1.165, 1.54) is 19.1 Å². The minimum Gasteiger partial charge on any atom is -0.481 e. The second-order valence-electron chi connectivity index (χ2n) is 6.72. The fraction of sp³-hybridized carbons (Fsp3) is 0.529. The van der Waals surface area contributed by atoms with Crippen LogP contribution in [-0.4, -0.2) is 62.2 Å². The maximum atomic E-state index is 13.1. The number of sulfonamides is 1. The van der Waals surface area contributed by atoms with Gasteiger partial charge in [-0.2, -0.15) is 4.31 Å². The summed E-state index contributed by atoms with van der Waals surface area (Å²) in [7, 11) is -7.30. The molecule has 1 amide bonds. The lowest BCUT2D eigenvalue weighted by molar-refractivity contribution is -0.137. The summed E-state index contributed by atoms with van der Waals surface area (Å²) in [5.41, 5.74) is 0.718. The third kappa shape index (κ3) is 6.01. The molecule has 9 nitrogen and oxygen atoms in total. The van der Waals surface area contributed by atoms with Crippen LogP contribution in [0.15, 0.2) is 29.2 Å². The van der Waals surface area contributed by atoms with Gasteiger partial charge in [0.25, 0.3) is 0 Å². The predicted molar refractivity (Wildman–Crippen MR) is 102 cm³/mol. The summed E-state index contributed by atoms with van der Waals surface area (Å²) >= 11 is 0. The van der Waals surface area contributed by atoms with Crippen molar-refractivity contribution in [1.29, 1.82) is 0 Å². The molecule has 0 unspecified atom stereocenters. The number of carboxylic acid groups (broad SMARTS) is 1. The lowest BCUT2D eigenvalue weighted by Crippen LogP contribution is -2.41. The Morgan fingerprint density at radius 2 is 1.89 bits per heavy atom. The molecule has 156 valence electrons. The Bertz CT molecular complexity index is 925. The number of hydrogen-bond donors (Lipinski definition) is 2. The smallest absolute Gasteiger partial charge is 0.303 e. The maximum Gasteiger partial charge on any atom is 0.303 e. The van der Waals surface area contributed by atoms with E-state index in [9.17, 15) is 26.4 Å². The zero-order valence-electron chi connectivity index (χ0n) is 15.5. The molecule has 1 aliphatic rings. The van der Waals surface area contributed by atoms with Crippen molar-refractivity contribution in [3.63, 3.8) is 0 Å². The summed E-state index contributed by atoms with van der Waals surface area (Å²) in [6.45, 7) is 1.57. The number of aliphatic carboxylic acids is 1. The van der Waals surface area contributed by atoms with Crippen LogP contribution in [0.25, 0.3) is 0 Å². The first-order chi connectivity index (χ1) is 13.0. The van der Waals surface area contributed by atoms with Crippen LogP contribution in [0.2, 0.25) is 0 Å². The molecular weight excluding hydrogens is 408 g/mol. The van der Waals surface area contributed by atoms with Crippen molar-refractivity contribution in [1.82, 2.24) is 9.62 Å². The van der Waals surface area contributed by atoms with Gasteiger partial charge in [0.15, 0.2) is 9.84 Å². The van der Waals surface area contributed by atoms with Gasteiger partial charge in [0.05, 0.1) is 16.4 Å². The first kappa shape index (κ1) is 22.3. The second kappa shape index (κ2) is 9.01. The monoisotopic (exact) mass is 432 g/mol. The molecule has 0 radical (unpaired) electrons. The molecule has 0 aliphatic carbocycles. The minimum absolute atomic E-state index is 0.00121. The first-order valence-electron chi connectivity index (χ1n) is 8.79. The molecule has 1 saturated heterocycles. The molecule has 1 fully saturated rings. The molecule has 1 aromatic carbocycles. The van der Waals surface area contributed by atoms with Crippen molar-refractivity contribution in [2.24, 2.45) is 0 Å². The SMILES string of the molecule is CC(=O)NCc1ccc(S(=O)(=O)N(CCCC(=O)O)[C@H]2CCS(=O)(=O)C2)cc1. The average Bonchev–Trinajstić information content (AvgIpc) is 2.96. The van der Waals surface area contributed by atoms with Crippen LogP contribution >= 0.6 is 0 Å². The van der Waals surface area contributed by atoms with Gasteiger partial charge in [-0.15, -0.1) is 0 Å². The number of amides is 1. The quantitative estimate of drug-likeness (QED) is 0.575. The van der Waals surface area contributed by atoms with E-state index in [0.29, 0.717) is 0 Å². The van der Waals surface area contributed by atoms with Crippen LogP contribution in [-0.2, 0) is 36.0 Å². The molecule has 0 aromatic heterocycles. The van der Waals surface area contributed by atoms with E-state index in [-0.39, 0.29) is 54.7 Å². The molecule has 11 heteroatoms. The van der Waals surface area contributed by atoms with Crippen LogP contribution in [0.5, 0.6) is 0 Å². The fourth-order valence-corrected chi connectivity index (χ4v) is 6.55. The molecular formula is C17H24N2O7S2. The Kier molecular flexibility index (Phi) is 7.18. The minimum atomic E-state index is -3.99. The van der Waals surface area contributed by atoms with Gasteiger partial charge in [0.2, 0.25) is 15.9 Å². The zero-order valence-corrected chi connectivity index (χ0v) is 17.1. The Labute approximate surface area is 164 Å². The summed E-state index contributed by atoms with van der Waals surface area (Å²) in [6.07, 6.45) is 0.0715. The van der Waals surface area contributed by atoms with Crippen LogP contribution in [0, 0.1) is 0 Å². The molecule has 2 N–H and O–H groups in total. The molecule has 0 bridgehead atoms. The summed E-state index contributed by atoms with van der Waals surface area (Å²) in [6, 6.07) is 5.25. The number of carbonyl (C=O) groups excluding carboxylic acids is 1. The lowest BCUT2D eigenvalue weighted by atomic mass is 10.2. The normalized spacial score (nSPS) is 18.9. The van der Waals surface area contributed by atoms with Gasteiger partial charge in [-0.3, -0.25) is 9.59 Å². The number of carboxylic acids is 1. The van der Waals surface area contributed by atoms with Crippen LogP contribution in [0.1, 0.15) is 31.7 Å². The van der Waals surface area contributed by atoms with Crippen molar-refractivity contribution < 1.29 is 31.5 Å². The molecule has 0 saturated carbocycles.